The maximum Gasteiger partial charge on any atom is 0.295 e. The highest BCUT2D eigenvalue weighted by atomic mass is 32.2. The van der Waals surface area contributed by atoms with Gasteiger partial charge in [0.1, 0.15) is 36.8 Å². The van der Waals surface area contributed by atoms with Crippen LogP contribution in [0.5, 0.6) is 0 Å². The van der Waals surface area contributed by atoms with Gasteiger partial charge in [0.2, 0.25) is 0 Å². The van der Waals surface area contributed by atoms with E-state index in [-0.39, 0.29) is 49.2 Å². The standard InChI is InChI=1S/C41H28N8O15S5/c1-22-16-27(48-44-35-14-6-25-17-29(65(50,51)52)10-12-31(25)40(35)46-48)9-15-34(22)43-42-26-7-4-23(37(18-26)67(56,57)58)2-3-24-5-8-28(19-38(24)68(59,60)61)49-45-36-21-39(69(62,63)64)32-13-11-30(66(53,54)55)20-33(32)41(36)47-49/h2-21H,1H3,(H,50,51,52)(H,53,54,55)(H,56,57,58)(H,59,60,61)(H,62,63,64). The molecule has 2 heterocycles. The van der Waals surface area contributed by atoms with Gasteiger partial charge >= 0.3 is 0 Å². The Morgan fingerprint density at radius 1 is 0.449 bits per heavy atom. The molecule has 0 aliphatic heterocycles. The molecule has 0 unspecified atom stereocenters. The molecule has 9 rings (SSSR count). The van der Waals surface area contributed by atoms with Crippen LogP contribution in [0.3, 0.4) is 0 Å². The molecule has 0 amide bonds. The summed E-state index contributed by atoms with van der Waals surface area (Å²) in [4.78, 5) is -0.779. The second-order valence-corrected chi connectivity index (χ2v) is 22.1. The van der Waals surface area contributed by atoms with Gasteiger partial charge in [0.15, 0.2) is 0 Å². The van der Waals surface area contributed by atoms with Gasteiger partial charge in [0, 0.05) is 16.2 Å². The fraction of sp³-hybridized carbons (Fsp3) is 0.0244. The lowest BCUT2D eigenvalue weighted by Crippen LogP contribution is -2.05. The first-order chi connectivity index (χ1) is 32.2. The average Bonchev–Trinajstić information content (AvgIpc) is 3.92. The zero-order valence-electron chi connectivity index (χ0n) is 34.5. The highest BCUT2D eigenvalue weighted by Gasteiger charge is 2.24. The van der Waals surface area contributed by atoms with E-state index in [0.29, 0.717) is 38.7 Å². The first kappa shape index (κ1) is 46.8. The van der Waals surface area contributed by atoms with Crippen molar-refractivity contribution in [3.63, 3.8) is 0 Å². The Morgan fingerprint density at radius 2 is 0.986 bits per heavy atom. The van der Waals surface area contributed by atoms with Gasteiger partial charge in [-0.05, 0) is 108 Å². The van der Waals surface area contributed by atoms with Crippen molar-refractivity contribution in [2.24, 2.45) is 10.2 Å². The van der Waals surface area contributed by atoms with Gasteiger partial charge in [-0.15, -0.1) is 20.4 Å². The van der Waals surface area contributed by atoms with E-state index < -0.39 is 70.2 Å². The molecule has 0 bridgehead atoms. The molecule has 5 N–H and O–H groups in total. The van der Waals surface area contributed by atoms with Crippen molar-refractivity contribution in [3.05, 3.63) is 126 Å². The number of aryl methyl sites for hydroxylation is 1. The number of azo groups is 1. The number of hydrogen-bond donors (Lipinski definition) is 5. The molecule has 0 saturated carbocycles. The van der Waals surface area contributed by atoms with E-state index >= 15 is 0 Å². The summed E-state index contributed by atoms with van der Waals surface area (Å²) in [5.41, 5.74) is 1.63. The number of benzene rings is 7. The Hall–Kier alpha value is -7.25. The minimum absolute atomic E-state index is 0.0138. The van der Waals surface area contributed by atoms with Crippen LogP contribution in [-0.2, 0) is 50.6 Å². The highest BCUT2D eigenvalue weighted by molar-refractivity contribution is 7.87. The van der Waals surface area contributed by atoms with Crippen LogP contribution >= 0.6 is 0 Å². The van der Waals surface area contributed by atoms with E-state index in [1.165, 1.54) is 47.3 Å². The Morgan fingerprint density at radius 3 is 1.59 bits per heavy atom. The smallest absolute Gasteiger partial charge is 0.282 e. The van der Waals surface area contributed by atoms with Gasteiger partial charge < -0.3 is 0 Å². The molecule has 0 spiro atoms. The van der Waals surface area contributed by atoms with Crippen LogP contribution in [0.4, 0.5) is 11.4 Å². The zero-order valence-corrected chi connectivity index (χ0v) is 38.6. The molecular weight excluding hydrogens is 1000 g/mol. The third kappa shape index (κ3) is 9.23. The Balaban J connectivity index is 1.00. The quantitative estimate of drug-likeness (QED) is 0.0518. The summed E-state index contributed by atoms with van der Waals surface area (Å²) in [7, 11) is -24.2. The van der Waals surface area contributed by atoms with Crippen LogP contribution in [0.1, 0.15) is 16.7 Å². The summed E-state index contributed by atoms with van der Waals surface area (Å²) in [5.74, 6) is 0. The van der Waals surface area contributed by atoms with E-state index in [9.17, 15) is 64.9 Å². The molecule has 23 nitrogen and oxygen atoms in total. The summed E-state index contributed by atoms with van der Waals surface area (Å²) >= 11 is 0. The second kappa shape index (κ2) is 16.5. The van der Waals surface area contributed by atoms with Gasteiger partial charge in [0.25, 0.3) is 50.6 Å². The third-order valence-corrected chi connectivity index (χ3v) is 15.0. The molecule has 69 heavy (non-hydrogen) atoms. The third-order valence-electron chi connectivity index (χ3n) is 10.5. The number of fused-ring (bicyclic) bond motifs is 6. The maximum atomic E-state index is 12.7. The van der Waals surface area contributed by atoms with Crippen LogP contribution < -0.4 is 0 Å². The topological polar surface area (TPSA) is 358 Å². The lowest BCUT2D eigenvalue weighted by atomic mass is 10.1. The zero-order chi connectivity index (χ0) is 49.6. The van der Waals surface area contributed by atoms with Crippen LogP contribution in [-0.4, -0.2) is 94.8 Å². The molecule has 0 aliphatic carbocycles. The molecule has 352 valence electrons. The highest BCUT2D eigenvalue weighted by Crippen LogP contribution is 2.34. The molecule has 7 aromatic carbocycles. The summed E-state index contributed by atoms with van der Waals surface area (Å²) in [5, 5.41) is 26.6. The van der Waals surface area contributed by atoms with E-state index in [1.54, 1.807) is 37.3 Å². The molecule has 0 aliphatic rings. The molecule has 2 aromatic heterocycles. The molecule has 0 fully saturated rings. The second-order valence-electron chi connectivity index (χ2n) is 15.1. The van der Waals surface area contributed by atoms with Crippen molar-refractivity contribution in [3.8, 4) is 11.4 Å². The summed E-state index contributed by atoms with van der Waals surface area (Å²) in [6.45, 7) is 1.72. The summed E-state index contributed by atoms with van der Waals surface area (Å²) in [6, 6.07) is 23.1. The van der Waals surface area contributed by atoms with Gasteiger partial charge in [-0.3, -0.25) is 22.8 Å². The summed E-state index contributed by atoms with van der Waals surface area (Å²) in [6.07, 6.45) is 2.26. The monoisotopic (exact) mass is 1030 g/mol. The van der Waals surface area contributed by atoms with Crippen LogP contribution in [0.25, 0.3) is 67.1 Å². The largest absolute Gasteiger partial charge is 0.295 e. The molecule has 28 heteroatoms. The van der Waals surface area contributed by atoms with Gasteiger partial charge in [-0.2, -0.15) is 61.9 Å². The minimum Gasteiger partial charge on any atom is -0.282 e. The van der Waals surface area contributed by atoms with Crippen LogP contribution in [0.2, 0.25) is 0 Å². The lowest BCUT2D eigenvalue weighted by molar-refractivity contribution is 0.480. The number of aromatic nitrogens is 6. The SMILES string of the molecule is Cc1cc(-n2nc3ccc4cc(S(=O)(=O)O)ccc4c3n2)ccc1N=Nc1ccc(C=Cc2ccc(-n3nc4cc(S(=O)(=O)O)c5ccc(S(=O)(=O)O)cc5c4n3)cc2S(=O)(=O)O)c(S(=O)(=O)O)c1. The molecular formula is C41H28N8O15S5. The van der Waals surface area contributed by atoms with Crippen molar-refractivity contribution in [1.82, 2.24) is 30.0 Å². The maximum absolute atomic E-state index is 12.7. The van der Waals surface area contributed by atoms with Gasteiger partial charge in [-0.1, -0.05) is 42.5 Å². The van der Waals surface area contributed by atoms with Crippen molar-refractivity contribution < 1.29 is 64.9 Å². The van der Waals surface area contributed by atoms with Gasteiger partial charge in [-0.25, -0.2) is 0 Å². The number of nitrogens with zero attached hydrogens (tertiary/aromatic N) is 8. The molecule has 9 aromatic rings. The van der Waals surface area contributed by atoms with Crippen LogP contribution in [0, 0.1) is 6.92 Å². The average molecular weight is 1030 g/mol. The first-order valence-corrected chi connectivity index (χ1v) is 26.4. The Bertz CT molecular complexity index is 4360. The van der Waals surface area contributed by atoms with Crippen molar-refractivity contribution >= 4 is 118 Å². The number of hydrogen-bond acceptors (Lipinski definition) is 16. The molecule has 0 saturated heterocycles. The van der Waals surface area contributed by atoms with E-state index in [0.717, 1.165) is 53.3 Å². The van der Waals surface area contributed by atoms with Crippen LogP contribution in [0.15, 0.2) is 144 Å². The minimum atomic E-state index is -5.06. The lowest BCUT2D eigenvalue weighted by Gasteiger charge is -2.08. The van der Waals surface area contributed by atoms with E-state index in [2.05, 4.69) is 30.6 Å². The number of rotatable bonds is 11. The van der Waals surface area contributed by atoms with Crippen molar-refractivity contribution in [2.45, 2.75) is 31.4 Å². The molecule has 0 atom stereocenters. The fourth-order valence-corrected chi connectivity index (χ4v) is 10.5. The summed E-state index contributed by atoms with van der Waals surface area (Å²) < 4.78 is 172. The molecule has 0 radical (unpaired) electrons. The normalized spacial score (nSPS) is 13.2. The van der Waals surface area contributed by atoms with Crippen molar-refractivity contribution in [2.75, 3.05) is 0 Å². The Kier molecular flexibility index (Phi) is 11.2. The van der Waals surface area contributed by atoms with Crippen molar-refractivity contribution in [1.29, 1.82) is 0 Å². The Labute approximate surface area is 389 Å². The first-order valence-electron chi connectivity index (χ1n) is 19.2. The van der Waals surface area contributed by atoms with E-state index in [1.807, 2.05) is 0 Å². The predicted octanol–water partition coefficient (Wildman–Crippen LogP) is 6.59. The van der Waals surface area contributed by atoms with E-state index in [4.69, 9.17) is 0 Å². The predicted molar refractivity (Wildman–Crippen MR) is 246 cm³/mol. The fourth-order valence-electron chi connectivity index (χ4n) is 7.32. The van der Waals surface area contributed by atoms with Gasteiger partial charge in [0.05, 0.1) is 32.5 Å².